The Kier molecular flexibility index (Phi) is 7.02. The van der Waals surface area contributed by atoms with Crippen molar-refractivity contribution in [3.8, 4) is 11.3 Å². The molecular formula is C23H23BrN4O3. The van der Waals surface area contributed by atoms with Gasteiger partial charge in [-0.2, -0.15) is 5.10 Å². The zero-order chi connectivity index (χ0) is 22.5. The van der Waals surface area contributed by atoms with Crippen LogP contribution in [0.25, 0.3) is 11.3 Å². The largest absolute Gasteiger partial charge is 0.324 e. The Morgan fingerprint density at radius 3 is 2.42 bits per heavy atom. The molecule has 0 spiro atoms. The first-order valence-corrected chi connectivity index (χ1v) is 10.6. The molecule has 3 aromatic rings. The van der Waals surface area contributed by atoms with Crippen LogP contribution in [0.15, 0.2) is 63.9 Å². The van der Waals surface area contributed by atoms with Crippen LogP contribution in [-0.4, -0.2) is 21.6 Å². The van der Waals surface area contributed by atoms with Crippen LogP contribution in [0.3, 0.4) is 0 Å². The Morgan fingerprint density at radius 1 is 1.06 bits per heavy atom. The molecule has 0 fully saturated rings. The minimum absolute atomic E-state index is 0.0829. The molecular weight excluding hydrogens is 460 g/mol. The summed E-state index contributed by atoms with van der Waals surface area (Å²) in [4.78, 5) is 37.7. The van der Waals surface area contributed by atoms with Crippen molar-refractivity contribution in [3.05, 3.63) is 75.0 Å². The number of amides is 2. The maximum atomic E-state index is 12.9. The summed E-state index contributed by atoms with van der Waals surface area (Å²) in [5.41, 5.74) is 2.46. The third kappa shape index (κ3) is 5.88. The molecule has 0 saturated carbocycles. The summed E-state index contributed by atoms with van der Waals surface area (Å²) >= 11 is 3.36. The molecule has 2 N–H and O–H groups in total. The molecule has 0 bridgehead atoms. The zero-order valence-corrected chi connectivity index (χ0v) is 19.1. The van der Waals surface area contributed by atoms with E-state index in [1.807, 2.05) is 37.3 Å². The van der Waals surface area contributed by atoms with Crippen molar-refractivity contribution in [2.24, 2.45) is 5.92 Å². The van der Waals surface area contributed by atoms with Gasteiger partial charge in [-0.25, -0.2) is 4.68 Å². The van der Waals surface area contributed by atoms with Crippen molar-refractivity contribution >= 4 is 39.1 Å². The van der Waals surface area contributed by atoms with Gasteiger partial charge in [-0.3, -0.25) is 14.4 Å². The molecule has 160 valence electrons. The number of carbonyl (C=O) groups excluding carboxylic acids is 2. The lowest BCUT2D eigenvalue weighted by Gasteiger charge is -2.13. The highest BCUT2D eigenvalue weighted by Crippen LogP contribution is 2.20. The van der Waals surface area contributed by atoms with Gasteiger partial charge in [-0.05, 0) is 31.2 Å². The van der Waals surface area contributed by atoms with Gasteiger partial charge in [-0.15, -0.1) is 0 Å². The van der Waals surface area contributed by atoms with Gasteiger partial charge in [0.15, 0.2) is 0 Å². The fourth-order valence-corrected chi connectivity index (χ4v) is 3.18. The molecule has 8 heteroatoms. The lowest BCUT2D eigenvalue weighted by molar-refractivity contribution is -0.119. The number of aromatic nitrogens is 2. The maximum Gasteiger partial charge on any atom is 0.291 e. The van der Waals surface area contributed by atoms with Crippen LogP contribution in [-0.2, 0) is 16.1 Å². The summed E-state index contributed by atoms with van der Waals surface area (Å²) in [5.74, 6) is -0.998. The summed E-state index contributed by atoms with van der Waals surface area (Å²) in [7, 11) is 0. The fourth-order valence-electron chi connectivity index (χ4n) is 2.78. The van der Waals surface area contributed by atoms with Crippen LogP contribution < -0.4 is 16.2 Å². The smallest absolute Gasteiger partial charge is 0.291 e. The first-order chi connectivity index (χ1) is 14.7. The minimum Gasteiger partial charge on any atom is -0.324 e. The van der Waals surface area contributed by atoms with Crippen molar-refractivity contribution in [2.75, 3.05) is 10.6 Å². The van der Waals surface area contributed by atoms with E-state index in [1.165, 1.54) is 6.07 Å². The number of nitrogens with zero attached hydrogens (tertiary/aromatic N) is 2. The van der Waals surface area contributed by atoms with E-state index < -0.39 is 11.5 Å². The number of nitrogens with one attached hydrogen (secondary N) is 2. The van der Waals surface area contributed by atoms with Gasteiger partial charge in [0, 0.05) is 21.6 Å². The van der Waals surface area contributed by atoms with Crippen LogP contribution in [0.1, 0.15) is 19.4 Å². The Balaban J connectivity index is 1.96. The van der Waals surface area contributed by atoms with Gasteiger partial charge in [0.2, 0.25) is 11.8 Å². The summed E-state index contributed by atoms with van der Waals surface area (Å²) in [6.07, 6.45) is 0. The van der Waals surface area contributed by atoms with Crippen LogP contribution in [0.4, 0.5) is 11.4 Å². The van der Waals surface area contributed by atoms with Crippen molar-refractivity contribution in [1.82, 2.24) is 9.78 Å². The molecule has 7 nitrogen and oxygen atoms in total. The summed E-state index contributed by atoms with van der Waals surface area (Å²) in [6, 6.07) is 16.3. The number of benzene rings is 2. The Hall–Kier alpha value is -3.26. The lowest BCUT2D eigenvalue weighted by Crippen LogP contribution is -2.33. The molecule has 1 aromatic heterocycles. The second-order valence-electron chi connectivity index (χ2n) is 7.47. The normalized spacial score (nSPS) is 10.7. The monoisotopic (exact) mass is 482 g/mol. The standard InChI is InChI=1S/C23H23BrN4O3/c1-14(2)22(30)26-20-12-19(16-9-7-15(3)8-10-16)27-28(23(20)31)13-21(29)25-18-6-4-5-17(24)11-18/h4-12,14H,13H2,1-3H3,(H,25,29)(H,26,30). The Bertz CT molecular complexity index is 1170. The van der Waals surface area contributed by atoms with Crippen molar-refractivity contribution in [1.29, 1.82) is 0 Å². The maximum absolute atomic E-state index is 12.9. The molecule has 0 unspecified atom stereocenters. The second kappa shape index (κ2) is 9.70. The third-order valence-corrected chi connectivity index (χ3v) is 5.00. The lowest BCUT2D eigenvalue weighted by atomic mass is 10.1. The Labute approximate surface area is 188 Å². The third-order valence-electron chi connectivity index (χ3n) is 4.51. The molecule has 0 aliphatic rings. The van der Waals surface area contributed by atoms with Crippen molar-refractivity contribution in [2.45, 2.75) is 27.3 Å². The predicted octanol–water partition coefficient (Wildman–Crippen LogP) is 4.21. The molecule has 0 aliphatic carbocycles. The van der Waals surface area contributed by atoms with Gasteiger partial charge in [0.1, 0.15) is 12.2 Å². The SMILES string of the molecule is Cc1ccc(-c2cc(NC(=O)C(C)C)c(=O)n(CC(=O)Nc3cccc(Br)c3)n2)cc1. The van der Waals surface area contributed by atoms with Gasteiger partial charge >= 0.3 is 0 Å². The highest BCUT2D eigenvalue weighted by atomic mass is 79.9. The molecule has 2 amide bonds. The number of anilines is 2. The summed E-state index contributed by atoms with van der Waals surface area (Å²) < 4.78 is 1.89. The molecule has 31 heavy (non-hydrogen) atoms. The minimum atomic E-state index is -0.547. The number of aryl methyl sites for hydroxylation is 1. The number of halogens is 1. The zero-order valence-electron chi connectivity index (χ0n) is 17.5. The molecule has 2 aromatic carbocycles. The van der Waals surface area contributed by atoms with E-state index in [-0.39, 0.29) is 24.1 Å². The molecule has 0 atom stereocenters. The van der Waals surface area contributed by atoms with Gasteiger partial charge in [-0.1, -0.05) is 65.7 Å². The van der Waals surface area contributed by atoms with Gasteiger partial charge in [0.05, 0.1) is 5.69 Å². The topological polar surface area (TPSA) is 93.1 Å². The highest BCUT2D eigenvalue weighted by Gasteiger charge is 2.16. The number of rotatable bonds is 6. The number of hydrogen-bond acceptors (Lipinski definition) is 4. The number of hydrogen-bond donors (Lipinski definition) is 2. The van der Waals surface area contributed by atoms with Crippen molar-refractivity contribution in [3.63, 3.8) is 0 Å². The molecule has 0 saturated heterocycles. The quantitative estimate of drug-likeness (QED) is 0.549. The van der Waals surface area contributed by atoms with E-state index in [0.717, 1.165) is 20.3 Å². The van der Waals surface area contributed by atoms with E-state index in [0.29, 0.717) is 11.4 Å². The fraction of sp³-hybridized carbons (Fsp3) is 0.217. The van der Waals surface area contributed by atoms with Crippen LogP contribution in [0, 0.1) is 12.8 Å². The van der Waals surface area contributed by atoms with E-state index in [2.05, 4.69) is 31.7 Å². The number of carbonyl (C=O) groups is 2. The van der Waals surface area contributed by atoms with Crippen molar-refractivity contribution < 1.29 is 9.59 Å². The van der Waals surface area contributed by atoms with Crippen LogP contribution in [0.2, 0.25) is 0 Å². The highest BCUT2D eigenvalue weighted by molar-refractivity contribution is 9.10. The Morgan fingerprint density at radius 2 is 1.77 bits per heavy atom. The average molecular weight is 483 g/mol. The van der Waals surface area contributed by atoms with E-state index in [1.54, 1.807) is 32.0 Å². The average Bonchev–Trinajstić information content (AvgIpc) is 2.71. The summed E-state index contributed by atoms with van der Waals surface area (Å²) in [5, 5.41) is 9.77. The first kappa shape index (κ1) is 22.4. The molecule has 0 aliphatic heterocycles. The molecule has 1 heterocycles. The van der Waals surface area contributed by atoms with Crippen LogP contribution >= 0.6 is 15.9 Å². The van der Waals surface area contributed by atoms with Gasteiger partial charge in [0.25, 0.3) is 5.56 Å². The second-order valence-corrected chi connectivity index (χ2v) is 8.39. The summed E-state index contributed by atoms with van der Waals surface area (Å²) in [6.45, 7) is 5.15. The molecule has 0 radical (unpaired) electrons. The molecule has 3 rings (SSSR count). The van der Waals surface area contributed by atoms with E-state index in [4.69, 9.17) is 0 Å². The van der Waals surface area contributed by atoms with E-state index in [9.17, 15) is 14.4 Å². The van der Waals surface area contributed by atoms with E-state index >= 15 is 0 Å². The van der Waals surface area contributed by atoms with Crippen LogP contribution in [0.5, 0.6) is 0 Å². The van der Waals surface area contributed by atoms with Gasteiger partial charge < -0.3 is 10.6 Å². The first-order valence-electron chi connectivity index (χ1n) is 9.78. The predicted molar refractivity (Wildman–Crippen MR) is 125 cm³/mol.